The molecule has 1 aliphatic heterocycles. The number of carbonyl (C=O) groups is 3. The molecule has 0 radical (unpaired) electrons. The zero-order chi connectivity index (χ0) is 22.6. The van der Waals surface area contributed by atoms with Crippen molar-refractivity contribution >= 4 is 33.4 Å². The summed E-state index contributed by atoms with van der Waals surface area (Å²) in [6.45, 7) is -0.284. The molecule has 31 heavy (non-hydrogen) atoms. The van der Waals surface area contributed by atoms with Crippen LogP contribution < -0.4 is 16.0 Å². The molecule has 10 heteroatoms. The van der Waals surface area contributed by atoms with E-state index in [4.69, 9.17) is 0 Å². The second kappa shape index (κ2) is 9.27. The Labute approximate surface area is 180 Å². The minimum absolute atomic E-state index is 0.00426. The average molecular weight is 445 g/mol. The summed E-state index contributed by atoms with van der Waals surface area (Å²) < 4.78 is 25.5. The number of rotatable bonds is 7. The summed E-state index contributed by atoms with van der Waals surface area (Å²) in [5.41, 5.74) is 1.58. The lowest BCUT2D eigenvalue weighted by Crippen LogP contribution is -2.33. The van der Waals surface area contributed by atoms with Crippen LogP contribution in [0.25, 0.3) is 0 Å². The minimum Gasteiger partial charge on any atom is -0.349 e. The van der Waals surface area contributed by atoms with Crippen LogP contribution in [-0.4, -0.2) is 51.1 Å². The van der Waals surface area contributed by atoms with Gasteiger partial charge < -0.3 is 16.0 Å². The zero-order valence-electron chi connectivity index (χ0n) is 17.2. The summed E-state index contributed by atoms with van der Waals surface area (Å²) >= 11 is 0. The van der Waals surface area contributed by atoms with Crippen LogP contribution in [0.5, 0.6) is 0 Å². The largest absolute Gasteiger partial charge is 0.349 e. The molecule has 1 heterocycles. The van der Waals surface area contributed by atoms with Gasteiger partial charge in [0, 0.05) is 31.8 Å². The minimum atomic E-state index is -3.67. The fourth-order valence-corrected chi connectivity index (χ4v) is 4.12. The van der Waals surface area contributed by atoms with Gasteiger partial charge in [-0.2, -0.15) is 0 Å². The number of nitrogens with one attached hydrogen (secondary N) is 3. The molecule has 1 unspecified atom stereocenters. The highest BCUT2D eigenvalue weighted by Gasteiger charge is 2.22. The van der Waals surface area contributed by atoms with Crippen molar-refractivity contribution in [1.29, 1.82) is 0 Å². The fourth-order valence-electron chi connectivity index (χ4n) is 3.17. The molecule has 3 amide bonds. The van der Waals surface area contributed by atoms with E-state index in [0.29, 0.717) is 18.5 Å². The number of hydrogen-bond acceptors (Lipinski definition) is 5. The molecule has 2 aromatic carbocycles. The van der Waals surface area contributed by atoms with E-state index in [9.17, 15) is 22.8 Å². The predicted octanol–water partition coefficient (Wildman–Crippen LogP) is 1.26. The lowest BCUT2D eigenvalue weighted by atomic mass is 10.0. The zero-order valence-corrected chi connectivity index (χ0v) is 18.0. The normalized spacial score (nSPS) is 16.1. The van der Waals surface area contributed by atoms with Gasteiger partial charge in [0.2, 0.25) is 21.8 Å². The van der Waals surface area contributed by atoms with Crippen molar-refractivity contribution in [3.63, 3.8) is 0 Å². The van der Waals surface area contributed by atoms with Gasteiger partial charge >= 0.3 is 0 Å². The molecule has 0 bridgehead atoms. The molecule has 9 nitrogen and oxygen atoms in total. The van der Waals surface area contributed by atoms with Crippen molar-refractivity contribution < 1.29 is 22.8 Å². The number of carbonyl (C=O) groups excluding carboxylic acids is 3. The summed E-state index contributed by atoms with van der Waals surface area (Å²) in [4.78, 5) is 36.0. The molecule has 1 saturated heterocycles. The van der Waals surface area contributed by atoms with Gasteiger partial charge in [-0.05, 0) is 42.3 Å². The number of amides is 3. The van der Waals surface area contributed by atoms with Gasteiger partial charge in [-0.3, -0.25) is 14.4 Å². The smallest absolute Gasteiger partial charge is 0.251 e. The summed E-state index contributed by atoms with van der Waals surface area (Å²) in [6, 6.07) is 12.7. The van der Waals surface area contributed by atoms with Crippen LogP contribution in [0.4, 0.5) is 5.69 Å². The molecule has 3 rings (SSSR count). The van der Waals surface area contributed by atoms with E-state index >= 15 is 0 Å². The maximum atomic E-state index is 12.4. The Bertz CT molecular complexity index is 1110. The number of nitrogens with zero attached hydrogens (tertiary/aromatic N) is 1. The Morgan fingerprint density at radius 1 is 1.13 bits per heavy atom. The van der Waals surface area contributed by atoms with Crippen LogP contribution in [0.15, 0.2) is 53.4 Å². The van der Waals surface area contributed by atoms with E-state index in [1.165, 1.54) is 38.4 Å². The van der Waals surface area contributed by atoms with E-state index in [2.05, 4.69) is 16.0 Å². The molecule has 3 N–H and O–H groups in total. The standard InChI is InChI=1S/C21H24N4O5S/c1-25(2)31(29,30)17-8-4-6-15(12-17)21(28)22-13-20(27)23-16-7-3-5-14(11-16)18-9-10-19(26)24-18/h3-8,11-12,18H,9-10,13H2,1-2H3,(H,22,28)(H,23,27)(H,24,26). The van der Waals surface area contributed by atoms with Gasteiger partial charge in [0.05, 0.1) is 17.5 Å². The number of benzene rings is 2. The van der Waals surface area contributed by atoms with Crippen LogP contribution in [-0.2, 0) is 19.6 Å². The maximum absolute atomic E-state index is 12.4. The van der Waals surface area contributed by atoms with Gasteiger partial charge in [-0.15, -0.1) is 0 Å². The average Bonchev–Trinajstić information content (AvgIpc) is 3.18. The first-order chi connectivity index (χ1) is 14.7. The van der Waals surface area contributed by atoms with E-state index in [1.54, 1.807) is 18.2 Å². The second-order valence-electron chi connectivity index (χ2n) is 7.33. The SMILES string of the molecule is CN(C)S(=O)(=O)c1cccc(C(=O)NCC(=O)Nc2cccc(C3CCC(=O)N3)c2)c1. The van der Waals surface area contributed by atoms with Gasteiger partial charge in [0.15, 0.2) is 0 Å². The van der Waals surface area contributed by atoms with Crippen molar-refractivity contribution in [3.8, 4) is 0 Å². The van der Waals surface area contributed by atoms with E-state index in [-0.39, 0.29) is 29.0 Å². The Hall–Kier alpha value is -3.24. The lowest BCUT2D eigenvalue weighted by Gasteiger charge is -2.13. The molecule has 1 aliphatic rings. The molecule has 1 fully saturated rings. The fraction of sp³-hybridized carbons (Fsp3) is 0.286. The number of anilines is 1. The van der Waals surface area contributed by atoms with Crippen molar-refractivity contribution in [3.05, 3.63) is 59.7 Å². The van der Waals surface area contributed by atoms with Crippen molar-refractivity contribution in [2.75, 3.05) is 26.0 Å². The van der Waals surface area contributed by atoms with Crippen LogP contribution in [0.2, 0.25) is 0 Å². The first kappa shape index (κ1) is 22.4. The Kier molecular flexibility index (Phi) is 6.71. The van der Waals surface area contributed by atoms with Crippen molar-refractivity contribution in [2.24, 2.45) is 0 Å². The molecule has 0 spiro atoms. The third kappa shape index (κ3) is 5.47. The van der Waals surface area contributed by atoms with Gasteiger partial charge in [0.1, 0.15) is 0 Å². The summed E-state index contributed by atoms with van der Waals surface area (Å²) in [5, 5.41) is 8.07. The highest BCUT2D eigenvalue weighted by molar-refractivity contribution is 7.89. The highest BCUT2D eigenvalue weighted by Crippen LogP contribution is 2.25. The summed E-state index contributed by atoms with van der Waals surface area (Å²) in [7, 11) is -0.862. The molecule has 2 aromatic rings. The Morgan fingerprint density at radius 2 is 1.87 bits per heavy atom. The molecule has 1 atom stereocenters. The van der Waals surface area contributed by atoms with Gasteiger partial charge in [-0.25, -0.2) is 12.7 Å². The maximum Gasteiger partial charge on any atom is 0.251 e. The van der Waals surface area contributed by atoms with Crippen LogP contribution in [0.1, 0.15) is 34.8 Å². The summed E-state index contributed by atoms with van der Waals surface area (Å²) in [6.07, 6.45) is 1.18. The Morgan fingerprint density at radius 3 is 2.55 bits per heavy atom. The topological polar surface area (TPSA) is 125 Å². The predicted molar refractivity (Wildman–Crippen MR) is 115 cm³/mol. The van der Waals surface area contributed by atoms with Crippen LogP contribution in [0.3, 0.4) is 0 Å². The van der Waals surface area contributed by atoms with Crippen molar-refractivity contribution in [2.45, 2.75) is 23.8 Å². The molecule has 0 aromatic heterocycles. The monoisotopic (exact) mass is 444 g/mol. The van der Waals surface area contributed by atoms with E-state index < -0.39 is 21.8 Å². The lowest BCUT2D eigenvalue weighted by molar-refractivity contribution is -0.119. The molecule has 164 valence electrons. The van der Waals surface area contributed by atoms with Gasteiger partial charge in [0.25, 0.3) is 5.91 Å². The second-order valence-corrected chi connectivity index (χ2v) is 9.48. The van der Waals surface area contributed by atoms with Crippen LogP contribution >= 0.6 is 0 Å². The molecule has 0 saturated carbocycles. The molecular weight excluding hydrogens is 420 g/mol. The Balaban J connectivity index is 1.59. The number of hydrogen-bond donors (Lipinski definition) is 3. The third-order valence-corrected chi connectivity index (χ3v) is 6.66. The van der Waals surface area contributed by atoms with E-state index in [0.717, 1.165) is 9.87 Å². The first-order valence-electron chi connectivity index (χ1n) is 9.67. The molecular formula is C21H24N4O5S. The number of sulfonamides is 1. The van der Waals surface area contributed by atoms with Crippen LogP contribution in [0, 0.1) is 0 Å². The van der Waals surface area contributed by atoms with Gasteiger partial charge in [-0.1, -0.05) is 18.2 Å². The third-order valence-electron chi connectivity index (χ3n) is 4.85. The van der Waals surface area contributed by atoms with Crippen molar-refractivity contribution in [1.82, 2.24) is 14.9 Å². The molecule has 0 aliphatic carbocycles. The quantitative estimate of drug-likeness (QED) is 0.593. The summed E-state index contributed by atoms with van der Waals surface area (Å²) in [5.74, 6) is -0.990. The first-order valence-corrected chi connectivity index (χ1v) is 11.1. The highest BCUT2D eigenvalue weighted by atomic mass is 32.2. The van der Waals surface area contributed by atoms with E-state index in [1.807, 2.05) is 6.07 Å².